The molecule has 0 fully saturated rings. The van der Waals surface area contributed by atoms with Gasteiger partial charge in [-0.15, -0.1) is 0 Å². The number of urea groups is 1. The van der Waals surface area contributed by atoms with E-state index in [-0.39, 0.29) is 17.0 Å². The first-order chi connectivity index (χ1) is 13.2. The van der Waals surface area contributed by atoms with E-state index in [0.717, 1.165) is 6.07 Å². The predicted octanol–water partition coefficient (Wildman–Crippen LogP) is 4.63. The molecule has 2 aromatic carbocycles. The van der Waals surface area contributed by atoms with Crippen molar-refractivity contribution in [1.29, 1.82) is 0 Å². The molecule has 146 valence electrons. The van der Waals surface area contributed by atoms with E-state index in [1.54, 1.807) is 24.3 Å². The molecule has 1 atom stereocenters. The van der Waals surface area contributed by atoms with Crippen molar-refractivity contribution in [3.8, 4) is 0 Å². The minimum atomic E-state index is -4.62. The van der Waals surface area contributed by atoms with Gasteiger partial charge in [-0.2, -0.15) is 13.2 Å². The summed E-state index contributed by atoms with van der Waals surface area (Å²) in [6.45, 7) is 1.51. The molecule has 0 saturated carbocycles. The van der Waals surface area contributed by atoms with Crippen LogP contribution in [0, 0.1) is 0 Å². The summed E-state index contributed by atoms with van der Waals surface area (Å²) in [7, 11) is 0. The van der Waals surface area contributed by atoms with Crippen molar-refractivity contribution in [3.05, 3.63) is 76.0 Å². The van der Waals surface area contributed by atoms with Gasteiger partial charge in [0.05, 0.1) is 22.9 Å². The van der Waals surface area contributed by atoms with Gasteiger partial charge in [0.2, 0.25) is 0 Å². The average Bonchev–Trinajstić information content (AvgIpc) is 2.61. The lowest BCUT2D eigenvalue weighted by molar-refractivity contribution is -0.137. The van der Waals surface area contributed by atoms with Crippen LogP contribution in [0.5, 0.6) is 0 Å². The van der Waals surface area contributed by atoms with Crippen LogP contribution in [0.15, 0.2) is 59.8 Å². The van der Waals surface area contributed by atoms with E-state index in [2.05, 4.69) is 16.0 Å². The number of nitrogens with one attached hydrogen (secondary N) is 3. The van der Waals surface area contributed by atoms with Gasteiger partial charge in [-0.25, -0.2) is 4.79 Å². The number of carbonyl (C=O) groups excluding carboxylic acids is 2. The summed E-state index contributed by atoms with van der Waals surface area (Å²) in [5.74, 6) is -0.762. The van der Waals surface area contributed by atoms with Crippen molar-refractivity contribution in [3.63, 3.8) is 0 Å². The highest BCUT2D eigenvalue weighted by Gasteiger charge is 2.35. The summed E-state index contributed by atoms with van der Waals surface area (Å²) in [6.07, 6.45) is -4.62. The molecular weight excluding hydrogens is 395 g/mol. The fraction of sp³-hybridized carbons (Fsp3) is 0.158. The third kappa shape index (κ3) is 4.12. The van der Waals surface area contributed by atoms with E-state index in [1.165, 1.54) is 25.1 Å². The van der Waals surface area contributed by atoms with Gasteiger partial charge in [0.1, 0.15) is 0 Å². The van der Waals surface area contributed by atoms with Crippen LogP contribution in [0.2, 0.25) is 5.02 Å². The third-order valence-electron chi connectivity index (χ3n) is 4.20. The van der Waals surface area contributed by atoms with Crippen molar-refractivity contribution >= 4 is 29.2 Å². The normalized spacial score (nSPS) is 17.0. The van der Waals surface area contributed by atoms with E-state index in [9.17, 15) is 22.8 Å². The Morgan fingerprint density at radius 2 is 1.75 bits per heavy atom. The molecule has 0 aromatic heterocycles. The van der Waals surface area contributed by atoms with Crippen LogP contribution in [0.4, 0.5) is 23.7 Å². The molecule has 3 N–H and O–H groups in total. The summed E-state index contributed by atoms with van der Waals surface area (Å²) in [6, 6.07) is 9.76. The number of rotatable bonds is 3. The number of hydrogen-bond acceptors (Lipinski definition) is 2. The van der Waals surface area contributed by atoms with Crippen LogP contribution in [0.3, 0.4) is 0 Å². The van der Waals surface area contributed by atoms with E-state index in [0.29, 0.717) is 10.6 Å². The van der Waals surface area contributed by atoms with Gasteiger partial charge >= 0.3 is 12.2 Å². The maximum absolute atomic E-state index is 13.2. The molecule has 2 aromatic rings. The maximum Gasteiger partial charge on any atom is 0.418 e. The summed E-state index contributed by atoms with van der Waals surface area (Å²) in [5, 5.41) is 7.86. The summed E-state index contributed by atoms with van der Waals surface area (Å²) in [5.41, 5.74) is -0.429. The van der Waals surface area contributed by atoms with E-state index in [4.69, 9.17) is 11.6 Å². The van der Waals surface area contributed by atoms with E-state index in [1.807, 2.05) is 0 Å². The first kappa shape index (κ1) is 19.8. The zero-order chi connectivity index (χ0) is 20.5. The second kappa shape index (κ2) is 7.55. The van der Waals surface area contributed by atoms with E-state index >= 15 is 0 Å². The number of amides is 3. The number of alkyl halides is 3. The Morgan fingerprint density at radius 1 is 1.11 bits per heavy atom. The number of para-hydroxylation sites is 1. The molecule has 3 amide bonds. The predicted molar refractivity (Wildman–Crippen MR) is 98.6 cm³/mol. The second-order valence-corrected chi connectivity index (χ2v) is 6.56. The molecule has 5 nitrogen and oxygen atoms in total. The Balaban J connectivity index is 1.98. The van der Waals surface area contributed by atoms with Crippen molar-refractivity contribution in [1.82, 2.24) is 10.6 Å². The zero-order valence-corrected chi connectivity index (χ0v) is 15.3. The lowest BCUT2D eigenvalue weighted by Gasteiger charge is -2.29. The topological polar surface area (TPSA) is 70.2 Å². The molecule has 0 bridgehead atoms. The molecular formula is C19H15ClF3N3O2. The van der Waals surface area contributed by atoms with Gasteiger partial charge in [-0.05, 0) is 36.8 Å². The van der Waals surface area contributed by atoms with Crippen LogP contribution in [-0.2, 0) is 11.0 Å². The largest absolute Gasteiger partial charge is 0.418 e. The number of benzene rings is 2. The zero-order valence-electron chi connectivity index (χ0n) is 14.5. The Labute approximate surface area is 163 Å². The molecule has 1 heterocycles. The number of hydrogen-bond donors (Lipinski definition) is 3. The van der Waals surface area contributed by atoms with Gasteiger partial charge in [-0.3, -0.25) is 4.79 Å². The minimum absolute atomic E-state index is 0.0962. The number of carbonyl (C=O) groups is 2. The van der Waals surface area contributed by atoms with Crippen LogP contribution < -0.4 is 16.0 Å². The smallest absolute Gasteiger partial charge is 0.327 e. The molecule has 28 heavy (non-hydrogen) atoms. The third-order valence-corrected chi connectivity index (χ3v) is 4.45. The number of allylic oxidation sites excluding steroid dienone is 1. The molecule has 9 heteroatoms. The van der Waals surface area contributed by atoms with Crippen LogP contribution in [-0.4, -0.2) is 11.9 Å². The average molecular weight is 410 g/mol. The highest BCUT2D eigenvalue weighted by molar-refractivity contribution is 6.30. The highest BCUT2D eigenvalue weighted by atomic mass is 35.5. The molecule has 0 radical (unpaired) electrons. The quantitative estimate of drug-likeness (QED) is 0.692. The van der Waals surface area contributed by atoms with Crippen LogP contribution >= 0.6 is 11.6 Å². The van der Waals surface area contributed by atoms with Crippen molar-refractivity contribution in [2.75, 3.05) is 5.32 Å². The first-order valence-corrected chi connectivity index (χ1v) is 8.56. The summed E-state index contributed by atoms with van der Waals surface area (Å²) >= 11 is 5.88. The van der Waals surface area contributed by atoms with Gasteiger partial charge in [0, 0.05) is 10.7 Å². The second-order valence-electron chi connectivity index (χ2n) is 6.12. The molecule has 0 aliphatic carbocycles. The number of halogens is 4. The SMILES string of the molecule is CC1=C(C(=O)Nc2ccccc2C(F)(F)F)C(c2ccc(Cl)cc2)NC(=O)N1. The van der Waals surface area contributed by atoms with Crippen LogP contribution in [0.1, 0.15) is 24.1 Å². The molecule has 0 saturated heterocycles. The molecule has 1 unspecified atom stereocenters. The van der Waals surface area contributed by atoms with Crippen molar-refractivity contribution in [2.24, 2.45) is 0 Å². The fourth-order valence-corrected chi connectivity index (χ4v) is 3.06. The monoisotopic (exact) mass is 409 g/mol. The fourth-order valence-electron chi connectivity index (χ4n) is 2.93. The highest BCUT2D eigenvalue weighted by Crippen LogP contribution is 2.35. The van der Waals surface area contributed by atoms with Crippen molar-refractivity contribution in [2.45, 2.75) is 19.1 Å². The Hall–Kier alpha value is -3.00. The van der Waals surface area contributed by atoms with Gasteiger partial charge in [-0.1, -0.05) is 35.9 Å². The van der Waals surface area contributed by atoms with E-state index < -0.39 is 29.7 Å². The maximum atomic E-state index is 13.2. The Kier molecular flexibility index (Phi) is 5.33. The van der Waals surface area contributed by atoms with Gasteiger partial charge in [0.15, 0.2) is 0 Å². The lowest BCUT2D eigenvalue weighted by atomic mass is 9.94. The standard InChI is InChI=1S/C19H15ClF3N3O2/c1-10-15(16(26-18(28)24-10)11-6-8-12(20)9-7-11)17(27)25-14-5-3-2-4-13(14)19(21,22)23/h2-9,16H,1H3,(H,25,27)(H2,24,26,28). The number of anilines is 1. The van der Waals surface area contributed by atoms with Gasteiger partial charge < -0.3 is 16.0 Å². The Morgan fingerprint density at radius 3 is 2.39 bits per heavy atom. The molecule has 1 aliphatic heterocycles. The summed E-state index contributed by atoms with van der Waals surface area (Å²) < 4.78 is 39.6. The minimum Gasteiger partial charge on any atom is -0.327 e. The first-order valence-electron chi connectivity index (χ1n) is 8.18. The molecule has 1 aliphatic rings. The van der Waals surface area contributed by atoms with Crippen LogP contribution in [0.25, 0.3) is 0 Å². The summed E-state index contributed by atoms with van der Waals surface area (Å²) in [4.78, 5) is 24.7. The van der Waals surface area contributed by atoms with Crippen molar-refractivity contribution < 1.29 is 22.8 Å². The lowest BCUT2D eigenvalue weighted by Crippen LogP contribution is -2.46. The Bertz CT molecular complexity index is 956. The van der Waals surface area contributed by atoms with Gasteiger partial charge in [0.25, 0.3) is 5.91 Å². The molecule has 3 rings (SSSR count). The molecule has 0 spiro atoms.